The first-order chi connectivity index (χ1) is 15.1. The maximum absolute atomic E-state index is 13.0. The van der Waals surface area contributed by atoms with E-state index in [1.165, 1.54) is 12.8 Å². The molecule has 3 aromatic rings. The van der Waals surface area contributed by atoms with Gasteiger partial charge in [-0.15, -0.1) is 0 Å². The minimum absolute atomic E-state index is 0.102. The number of carbonyl (C=O) groups excluding carboxylic acids is 1. The van der Waals surface area contributed by atoms with E-state index in [-0.39, 0.29) is 5.91 Å². The highest BCUT2D eigenvalue weighted by Gasteiger charge is 2.33. The average molecular weight is 436 g/mol. The van der Waals surface area contributed by atoms with E-state index in [1.807, 2.05) is 48.1 Å². The van der Waals surface area contributed by atoms with E-state index < -0.39 is 0 Å². The van der Waals surface area contributed by atoms with Crippen molar-refractivity contribution in [1.82, 2.24) is 20.1 Å². The summed E-state index contributed by atoms with van der Waals surface area (Å²) in [5.41, 5.74) is 4.51. The van der Waals surface area contributed by atoms with Crippen molar-refractivity contribution in [2.75, 3.05) is 18.0 Å². The van der Waals surface area contributed by atoms with Gasteiger partial charge < -0.3 is 10.2 Å². The molecule has 1 saturated carbocycles. The number of carbonyl (C=O) groups is 1. The van der Waals surface area contributed by atoms with Crippen molar-refractivity contribution < 1.29 is 4.79 Å². The van der Waals surface area contributed by atoms with E-state index in [2.05, 4.69) is 20.3 Å². The molecule has 1 aliphatic heterocycles. The van der Waals surface area contributed by atoms with Gasteiger partial charge in [-0.2, -0.15) is 5.10 Å². The monoisotopic (exact) mass is 435 g/mol. The molecule has 0 atom stereocenters. The molecule has 1 aromatic carbocycles. The summed E-state index contributed by atoms with van der Waals surface area (Å²) in [5, 5.41) is 8.27. The fourth-order valence-corrected chi connectivity index (χ4v) is 4.31. The van der Waals surface area contributed by atoms with Crippen molar-refractivity contribution in [3.63, 3.8) is 0 Å². The van der Waals surface area contributed by atoms with Gasteiger partial charge in [0.15, 0.2) is 0 Å². The van der Waals surface area contributed by atoms with Gasteiger partial charge in [0.05, 0.1) is 23.1 Å². The van der Waals surface area contributed by atoms with Crippen LogP contribution in [0, 0.1) is 6.92 Å². The molecule has 1 saturated heterocycles. The SMILES string of the molecule is Cc1ccc(-n2ncc(C(=O)NCc3ccc(N4CCCC4)nc3)c2C2CC2)cc1Cl. The number of rotatable bonds is 6. The van der Waals surface area contributed by atoms with E-state index in [0.29, 0.717) is 23.0 Å². The van der Waals surface area contributed by atoms with Crippen molar-refractivity contribution in [3.8, 4) is 5.69 Å². The summed E-state index contributed by atoms with van der Waals surface area (Å²) in [7, 11) is 0. The zero-order chi connectivity index (χ0) is 21.4. The number of nitrogens with one attached hydrogen (secondary N) is 1. The summed E-state index contributed by atoms with van der Waals surface area (Å²) in [5.74, 6) is 1.28. The Morgan fingerprint density at radius 1 is 1.16 bits per heavy atom. The lowest BCUT2D eigenvalue weighted by molar-refractivity contribution is 0.0950. The van der Waals surface area contributed by atoms with Gasteiger partial charge in [0.25, 0.3) is 5.91 Å². The van der Waals surface area contributed by atoms with Crippen molar-refractivity contribution in [3.05, 3.63) is 70.1 Å². The van der Waals surface area contributed by atoms with Crippen LogP contribution in [0.4, 0.5) is 5.82 Å². The van der Waals surface area contributed by atoms with Crippen LogP contribution in [0.15, 0.2) is 42.7 Å². The molecule has 31 heavy (non-hydrogen) atoms. The fourth-order valence-electron chi connectivity index (χ4n) is 4.13. The highest BCUT2D eigenvalue weighted by Crippen LogP contribution is 2.42. The Bertz CT molecular complexity index is 1100. The Labute approximate surface area is 187 Å². The van der Waals surface area contributed by atoms with Gasteiger partial charge in [-0.05, 0) is 61.9 Å². The van der Waals surface area contributed by atoms with Crippen molar-refractivity contribution in [2.45, 2.75) is 45.1 Å². The Balaban J connectivity index is 1.31. The highest BCUT2D eigenvalue weighted by molar-refractivity contribution is 6.31. The lowest BCUT2D eigenvalue weighted by atomic mass is 10.1. The second kappa shape index (κ2) is 8.35. The number of aromatic nitrogens is 3. The van der Waals surface area contributed by atoms with Crippen LogP contribution < -0.4 is 10.2 Å². The number of hydrogen-bond acceptors (Lipinski definition) is 4. The van der Waals surface area contributed by atoms with Crippen LogP contribution in [0.1, 0.15) is 58.8 Å². The Kier molecular flexibility index (Phi) is 5.40. The van der Waals surface area contributed by atoms with Gasteiger partial charge in [-0.25, -0.2) is 9.67 Å². The average Bonchev–Trinajstić information content (AvgIpc) is 3.29. The summed E-state index contributed by atoms with van der Waals surface area (Å²) >= 11 is 6.32. The van der Waals surface area contributed by atoms with Crippen LogP contribution in [0.2, 0.25) is 5.02 Å². The number of anilines is 1. The molecule has 0 spiro atoms. The number of nitrogens with zero attached hydrogens (tertiary/aromatic N) is 4. The lowest BCUT2D eigenvalue weighted by Gasteiger charge is -2.16. The Morgan fingerprint density at radius 3 is 2.65 bits per heavy atom. The summed E-state index contributed by atoms with van der Waals surface area (Å²) in [6.45, 7) is 4.56. The Morgan fingerprint density at radius 2 is 1.97 bits per heavy atom. The number of amides is 1. The molecule has 0 bridgehead atoms. The first kappa shape index (κ1) is 20.1. The predicted octanol–water partition coefficient (Wildman–Crippen LogP) is 4.64. The zero-order valence-electron chi connectivity index (χ0n) is 17.6. The molecule has 2 fully saturated rings. The van der Waals surface area contributed by atoms with E-state index >= 15 is 0 Å². The molecule has 1 aliphatic carbocycles. The van der Waals surface area contributed by atoms with E-state index in [0.717, 1.165) is 54.3 Å². The first-order valence-electron chi connectivity index (χ1n) is 10.9. The highest BCUT2D eigenvalue weighted by atomic mass is 35.5. The van der Waals surface area contributed by atoms with Crippen LogP contribution in [-0.4, -0.2) is 33.8 Å². The van der Waals surface area contributed by atoms with Crippen molar-refractivity contribution in [2.24, 2.45) is 0 Å². The molecule has 2 aromatic heterocycles. The predicted molar refractivity (Wildman–Crippen MR) is 122 cm³/mol. The van der Waals surface area contributed by atoms with Crippen LogP contribution in [-0.2, 0) is 6.54 Å². The van der Waals surface area contributed by atoms with Gasteiger partial charge in [0, 0.05) is 36.8 Å². The quantitative estimate of drug-likeness (QED) is 0.612. The third-order valence-electron chi connectivity index (χ3n) is 6.11. The van der Waals surface area contributed by atoms with Gasteiger partial charge >= 0.3 is 0 Å². The fraction of sp³-hybridized carbons (Fsp3) is 0.375. The molecule has 1 amide bonds. The van der Waals surface area contributed by atoms with Gasteiger partial charge in [0.1, 0.15) is 5.82 Å². The first-order valence-corrected chi connectivity index (χ1v) is 11.3. The third kappa shape index (κ3) is 4.17. The standard InChI is InChI=1S/C24H26ClN5O/c1-16-4-8-19(12-21(16)25)30-23(18-6-7-18)20(15-28-30)24(31)27-14-17-5-9-22(26-13-17)29-10-2-3-11-29/h4-5,8-9,12-13,15,18H,2-3,6-7,10-11,14H2,1H3,(H,27,31). The normalized spacial score (nSPS) is 16.0. The van der Waals surface area contributed by atoms with Crippen molar-refractivity contribution >= 4 is 23.3 Å². The molecular weight excluding hydrogens is 410 g/mol. The van der Waals surface area contributed by atoms with Gasteiger partial charge in [-0.1, -0.05) is 23.7 Å². The second-order valence-corrected chi connectivity index (χ2v) is 8.87. The number of hydrogen-bond donors (Lipinski definition) is 1. The summed E-state index contributed by atoms with van der Waals surface area (Å²) in [6, 6.07) is 9.97. The molecule has 0 radical (unpaired) electrons. The van der Waals surface area contributed by atoms with Crippen LogP contribution in [0.5, 0.6) is 0 Å². The largest absolute Gasteiger partial charge is 0.357 e. The topological polar surface area (TPSA) is 63.1 Å². The molecule has 1 N–H and O–H groups in total. The lowest BCUT2D eigenvalue weighted by Crippen LogP contribution is -2.24. The van der Waals surface area contributed by atoms with Gasteiger partial charge in [0.2, 0.25) is 0 Å². The summed E-state index contributed by atoms with van der Waals surface area (Å²) in [4.78, 5) is 19.9. The smallest absolute Gasteiger partial charge is 0.255 e. The number of halogens is 1. The maximum Gasteiger partial charge on any atom is 0.255 e. The second-order valence-electron chi connectivity index (χ2n) is 8.46. The molecule has 2 aliphatic rings. The summed E-state index contributed by atoms with van der Waals surface area (Å²) in [6.07, 6.45) is 8.14. The minimum Gasteiger partial charge on any atom is -0.357 e. The Hall–Kier alpha value is -2.86. The molecule has 6 nitrogen and oxygen atoms in total. The van der Waals surface area contributed by atoms with E-state index in [1.54, 1.807) is 6.20 Å². The molecule has 3 heterocycles. The number of aryl methyl sites for hydroxylation is 1. The third-order valence-corrected chi connectivity index (χ3v) is 6.51. The minimum atomic E-state index is -0.102. The zero-order valence-corrected chi connectivity index (χ0v) is 18.4. The van der Waals surface area contributed by atoms with E-state index in [9.17, 15) is 4.79 Å². The maximum atomic E-state index is 13.0. The van der Waals surface area contributed by atoms with Crippen molar-refractivity contribution in [1.29, 1.82) is 0 Å². The van der Waals surface area contributed by atoms with E-state index in [4.69, 9.17) is 11.6 Å². The number of benzene rings is 1. The number of pyridine rings is 1. The van der Waals surface area contributed by atoms with Crippen LogP contribution >= 0.6 is 11.6 Å². The molecular formula is C24H26ClN5O. The molecule has 0 unspecified atom stereocenters. The summed E-state index contributed by atoms with van der Waals surface area (Å²) < 4.78 is 1.87. The molecule has 160 valence electrons. The van der Waals surface area contributed by atoms with Crippen LogP contribution in [0.3, 0.4) is 0 Å². The van der Waals surface area contributed by atoms with Gasteiger partial charge in [-0.3, -0.25) is 4.79 Å². The van der Waals surface area contributed by atoms with Crippen LogP contribution in [0.25, 0.3) is 5.69 Å². The molecule has 5 rings (SSSR count). The molecule has 7 heteroatoms.